The van der Waals surface area contributed by atoms with Crippen molar-refractivity contribution in [1.29, 1.82) is 0 Å². The molecule has 0 heterocycles. The maximum absolute atomic E-state index is 11.7. The van der Waals surface area contributed by atoms with Crippen LogP contribution in [0, 0.1) is 0 Å². The number of aryl methyl sites for hydroxylation is 1. The maximum atomic E-state index is 11.7. The molecule has 21 heavy (non-hydrogen) atoms. The van der Waals surface area contributed by atoms with Crippen LogP contribution in [-0.2, 0) is 20.7 Å². The van der Waals surface area contributed by atoms with E-state index in [1.54, 1.807) is 14.0 Å². The highest BCUT2D eigenvalue weighted by atomic mass is 16.5. The smallest absolute Gasteiger partial charge is 0.305 e. The Labute approximate surface area is 125 Å². The molecule has 0 saturated carbocycles. The molecule has 0 aliphatic rings. The maximum Gasteiger partial charge on any atom is 0.305 e. The number of carbonyl (C=O) groups excluding carboxylic acids is 2. The number of rotatable bonds is 9. The summed E-state index contributed by atoms with van der Waals surface area (Å²) < 4.78 is 10.1. The summed E-state index contributed by atoms with van der Waals surface area (Å²) in [5.74, 6) is 0.554. The summed E-state index contributed by atoms with van der Waals surface area (Å²) in [5, 5.41) is 2.80. The lowest BCUT2D eigenvalue weighted by Gasteiger charge is -2.08. The zero-order valence-electron chi connectivity index (χ0n) is 12.7. The minimum atomic E-state index is -0.222. The summed E-state index contributed by atoms with van der Waals surface area (Å²) in [7, 11) is 1.62. The molecule has 1 amide bonds. The van der Waals surface area contributed by atoms with Gasteiger partial charge in [-0.1, -0.05) is 18.2 Å². The van der Waals surface area contributed by atoms with Gasteiger partial charge in [0, 0.05) is 19.4 Å². The first-order chi connectivity index (χ1) is 10.2. The first kappa shape index (κ1) is 17.0. The van der Waals surface area contributed by atoms with E-state index < -0.39 is 0 Å². The molecule has 1 aromatic rings. The van der Waals surface area contributed by atoms with Gasteiger partial charge in [-0.3, -0.25) is 9.59 Å². The number of hydrogen-bond acceptors (Lipinski definition) is 4. The van der Waals surface area contributed by atoms with Crippen LogP contribution in [0.4, 0.5) is 0 Å². The molecular weight excluding hydrogens is 270 g/mol. The summed E-state index contributed by atoms with van der Waals surface area (Å²) in [4.78, 5) is 22.8. The molecule has 116 valence electrons. The van der Waals surface area contributed by atoms with Crippen LogP contribution in [0.3, 0.4) is 0 Å². The summed E-state index contributed by atoms with van der Waals surface area (Å²) in [6, 6.07) is 7.66. The number of benzene rings is 1. The number of hydrogen-bond donors (Lipinski definition) is 1. The number of nitrogens with one attached hydrogen (secondary N) is 1. The van der Waals surface area contributed by atoms with Crippen molar-refractivity contribution >= 4 is 11.9 Å². The van der Waals surface area contributed by atoms with E-state index in [9.17, 15) is 9.59 Å². The normalized spacial score (nSPS) is 10.0. The quantitative estimate of drug-likeness (QED) is 0.559. The van der Waals surface area contributed by atoms with Crippen molar-refractivity contribution in [3.63, 3.8) is 0 Å². The van der Waals surface area contributed by atoms with Gasteiger partial charge in [0.2, 0.25) is 5.91 Å². The molecule has 0 aromatic heterocycles. The van der Waals surface area contributed by atoms with Gasteiger partial charge in [0.05, 0.1) is 13.7 Å². The lowest BCUT2D eigenvalue weighted by Crippen LogP contribution is -2.25. The largest absolute Gasteiger partial charge is 0.496 e. The Kier molecular flexibility index (Phi) is 7.94. The molecule has 5 heteroatoms. The molecular formula is C16H23NO4. The molecule has 0 spiro atoms. The Bertz CT molecular complexity index is 459. The Hall–Kier alpha value is -2.04. The molecule has 0 atom stereocenters. The molecule has 0 unspecified atom stereocenters. The minimum Gasteiger partial charge on any atom is -0.496 e. The molecule has 1 rings (SSSR count). The molecule has 0 aliphatic carbocycles. The monoisotopic (exact) mass is 293 g/mol. The van der Waals surface area contributed by atoms with Gasteiger partial charge >= 0.3 is 5.97 Å². The van der Waals surface area contributed by atoms with E-state index in [0.717, 1.165) is 11.3 Å². The highest BCUT2D eigenvalue weighted by Crippen LogP contribution is 2.18. The van der Waals surface area contributed by atoms with E-state index in [0.29, 0.717) is 38.8 Å². The number of para-hydroxylation sites is 1. The van der Waals surface area contributed by atoms with Crippen LogP contribution < -0.4 is 10.1 Å². The standard InChI is InChI=1S/C16H23NO4/c1-3-21-16(19)9-6-12-17-15(18)11-10-13-7-4-5-8-14(13)20-2/h4-5,7-8H,3,6,9-12H2,1-2H3,(H,17,18). The average Bonchev–Trinajstić information content (AvgIpc) is 2.50. The van der Waals surface area contributed by atoms with Gasteiger partial charge in [-0.25, -0.2) is 0 Å². The zero-order chi connectivity index (χ0) is 15.5. The fourth-order valence-corrected chi connectivity index (χ4v) is 1.94. The second-order valence-corrected chi connectivity index (χ2v) is 4.57. The van der Waals surface area contributed by atoms with Crippen LogP contribution in [0.15, 0.2) is 24.3 Å². The van der Waals surface area contributed by atoms with Crippen LogP contribution in [0.25, 0.3) is 0 Å². The Morgan fingerprint density at radius 1 is 1.19 bits per heavy atom. The first-order valence-corrected chi connectivity index (χ1v) is 7.21. The number of carbonyl (C=O) groups is 2. The van der Waals surface area contributed by atoms with Gasteiger partial charge in [0.15, 0.2) is 0 Å². The molecule has 1 N–H and O–H groups in total. The summed E-state index contributed by atoms with van der Waals surface area (Å²) in [5.41, 5.74) is 1.02. The van der Waals surface area contributed by atoms with Crippen molar-refractivity contribution in [2.24, 2.45) is 0 Å². The molecule has 0 saturated heterocycles. The van der Waals surface area contributed by atoms with E-state index in [4.69, 9.17) is 9.47 Å². The van der Waals surface area contributed by atoms with Crippen LogP contribution in [0.1, 0.15) is 31.7 Å². The van der Waals surface area contributed by atoms with E-state index >= 15 is 0 Å². The first-order valence-electron chi connectivity index (χ1n) is 7.21. The Morgan fingerprint density at radius 2 is 1.95 bits per heavy atom. The highest BCUT2D eigenvalue weighted by Gasteiger charge is 2.06. The summed E-state index contributed by atoms with van der Waals surface area (Å²) >= 11 is 0. The van der Waals surface area contributed by atoms with Crippen molar-refractivity contribution in [3.05, 3.63) is 29.8 Å². The second-order valence-electron chi connectivity index (χ2n) is 4.57. The third kappa shape index (κ3) is 6.79. The highest BCUT2D eigenvalue weighted by molar-refractivity contribution is 5.76. The predicted octanol–water partition coefficient (Wildman–Crippen LogP) is 2.09. The van der Waals surface area contributed by atoms with Gasteiger partial charge in [0.1, 0.15) is 5.75 Å². The van der Waals surface area contributed by atoms with Gasteiger partial charge in [-0.05, 0) is 31.4 Å². The summed E-state index contributed by atoms with van der Waals surface area (Å²) in [6.07, 6.45) is 1.97. The molecule has 5 nitrogen and oxygen atoms in total. The van der Waals surface area contributed by atoms with E-state index in [1.165, 1.54) is 0 Å². The minimum absolute atomic E-state index is 0.0234. The van der Waals surface area contributed by atoms with Crippen molar-refractivity contribution < 1.29 is 19.1 Å². The van der Waals surface area contributed by atoms with E-state index in [2.05, 4.69) is 5.32 Å². The average molecular weight is 293 g/mol. The molecule has 0 radical (unpaired) electrons. The van der Waals surface area contributed by atoms with Crippen LogP contribution >= 0.6 is 0 Å². The number of esters is 1. The third-order valence-corrected chi connectivity index (χ3v) is 3.00. The van der Waals surface area contributed by atoms with Crippen LogP contribution in [-0.4, -0.2) is 32.1 Å². The van der Waals surface area contributed by atoms with Crippen LogP contribution in [0.5, 0.6) is 5.75 Å². The van der Waals surface area contributed by atoms with Crippen molar-refractivity contribution in [3.8, 4) is 5.75 Å². The Morgan fingerprint density at radius 3 is 2.67 bits per heavy atom. The molecule has 0 aliphatic heterocycles. The van der Waals surface area contributed by atoms with E-state index in [-0.39, 0.29) is 11.9 Å². The molecule has 1 aromatic carbocycles. The Balaban J connectivity index is 2.21. The van der Waals surface area contributed by atoms with Crippen molar-refractivity contribution in [2.75, 3.05) is 20.3 Å². The number of methoxy groups -OCH3 is 1. The number of ether oxygens (including phenoxy) is 2. The lowest BCUT2D eigenvalue weighted by atomic mass is 10.1. The van der Waals surface area contributed by atoms with Gasteiger partial charge in [-0.15, -0.1) is 0 Å². The third-order valence-electron chi connectivity index (χ3n) is 3.00. The predicted molar refractivity (Wildman–Crippen MR) is 80.2 cm³/mol. The van der Waals surface area contributed by atoms with Crippen molar-refractivity contribution in [1.82, 2.24) is 5.32 Å². The van der Waals surface area contributed by atoms with Gasteiger partial charge in [-0.2, -0.15) is 0 Å². The fourth-order valence-electron chi connectivity index (χ4n) is 1.94. The molecule has 0 bridgehead atoms. The fraction of sp³-hybridized carbons (Fsp3) is 0.500. The van der Waals surface area contributed by atoms with Gasteiger partial charge in [0.25, 0.3) is 0 Å². The van der Waals surface area contributed by atoms with Crippen LogP contribution in [0.2, 0.25) is 0 Å². The SMILES string of the molecule is CCOC(=O)CCCNC(=O)CCc1ccccc1OC. The summed E-state index contributed by atoms with van der Waals surface area (Å²) in [6.45, 7) is 2.66. The van der Waals surface area contributed by atoms with Crippen molar-refractivity contribution in [2.45, 2.75) is 32.6 Å². The zero-order valence-corrected chi connectivity index (χ0v) is 12.7. The topological polar surface area (TPSA) is 64.6 Å². The van der Waals surface area contributed by atoms with E-state index in [1.807, 2.05) is 24.3 Å². The molecule has 0 fully saturated rings. The lowest BCUT2D eigenvalue weighted by molar-refractivity contribution is -0.143. The van der Waals surface area contributed by atoms with Gasteiger partial charge < -0.3 is 14.8 Å². The second kappa shape index (κ2) is 9.80. The number of amides is 1.